The Morgan fingerprint density at radius 2 is 1.61 bits per heavy atom. The van der Waals surface area contributed by atoms with Crippen LogP contribution in [0, 0.1) is 6.92 Å². The Morgan fingerprint density at radius 3 is 2.21 bits per heavy atom. The van der Waals surface area contributed by atoms with Crippen LogP contribution in [0.5, 0.6) is 17.2 Å². The maximum Gasteiger partial charge on any atom is 0.336 e. The van der Waals surface area contributed by atoms with Gasteiger partial charge < -0.3 is 18.6 Å². The molecule has 6 nitrogen and oxygen atoms in total. The van der Waals surface area contributed by atoms with E-state index in [2.05, 4.69) is 4.90 Å². The number of hydrogen-bond acceptors (Lipinski definition) is 6. The van der Waals surface area contributed by atoms with Gasteiger partial charge in [-0.3, -0.25) is 4.90 Å². The topological polar surface area (TPSA) is 61.1 Å². The third kappa shape index (κ3) is 4.12. The normalized spacial score (nSPS) is 11.1. The highest BCUT2D eigenvalue weighted by atomic mass is 16.5. The minimum atomic E-state index is -0.340. The van der Waals surface area contributed by atoms with Crippen LogP contribution in [-0.4, -0.2) is 33.3 Å². The Morgan fingerprint density at radius 1 is 0.929 bits per heavy atom. The molecular formula is C22H25NO5. The number of rotatable bonds is 7. The van der Waals surface area contributed by atoms with Gasteiger partial charge in [-0.05, 0) is 49.4 Å². The molecule has 0 atom stereocenters. The van der Waals surface area contributed by atoms with Crippen LogP contribution in [0.1, 0.15) is 16.7 Å². The summed E-state index contributed by atoms with van der Waals surface area (Å²) in [5, 5.41) is 0.955. The lowest BCUT2D eigenvalue weighted by Crippen LogP contribution is -2.18. The van der Waals surface area contributed by atoms with Crippen LogP contribution in [-0.2, 0) is 13.1 Å². The van der Waals surface area contributed by atoms with Gasteiger partial charge in [0.05, 0.1) is 21.3 Å². The summed E-state index contributed by atoms with van der Waals surface area (Å²) in [7, 11) is 6.78. The molecule has 0 aliphatic rings. The molecule has 2 aromatic carbocycles. The molecule has 0 N–H and O–H groups in total. The molecule has 0 aliphatic carbocycles. The van der Waals surface area contributed by atoms with Gasteiger partial charge in [0.2, 0.25) is 5.75 Å². The van der Waals surface area contributed by atoms with Crippen molar-refractivity contribution in [3.8, 4) is 17.2 Å². The molecule has 6 heteroatoms. The van der Waals surface area contributed by atoms with Crippen molar-refractivity contribution < 1.29 is 18.6 Å². The zero-order valence-electron chi connectivity index (χ0n) is 16.9. The van der Waals surface area contributed by atoms with Crippen LogP contribution in [0.25, 0.3) is 11.0 Å². The summed E-state index contributed by atoms with van der Waals surface area (Å²) in [4.78, 5) is 14.1. The van der Waals surface area contributed by atoms with Crippen molar-refractivity contribution in [2.45, 2.75) is 20.0 Å². The van der Waals surface area contributed by atoms with Crippen LogP contribution in [0.3, 0.4) is 0 Å². The average Bonchev–Trinajstić information content (AvgIpc) is 2.67. The van der Waals surface area contributed by atoms with Crippen molar-refractivity contribution >= 4 is 11.0 Å². The fraction of sp³-hybridized carbons (Fsp3) is 0.318. The van der Waals surface area contributed by atoms with E-state index in [9.17, 15) is 4.79 Å². The van der Waals surface area contributed by atoms with Crippen molar-refractivity contribution in [3.63, 3.8) is 0 Å². The van der Waals surface area contributed by atoms with Gasteiger partial charge in [0.1, 0.15) is 5.58 Å². The molecule has 1 heterocycles. The number of ether oxygens (including phenoxy) is 3. The van der Waals surface area contributed by atoms with E-state index in [1.807, 2.05) is 44.3 Å². The quantitative estimate of drug-likeness (QED) is 0.579. The number of aryl methyl sites for hydroxylation is 1. The molecule has 0 amide bonds. The molecular weight excluding hydrogens is 358 g/mol. The first kappa shape index (κ1) is 19.8. The second-order valence-corrected chi connectivity index (χ2v) is 6.80. The zero-order valence-corrected chi connectivity index (χ0v) is 16.9. The summed E-state index contributed by atoms with van der Waals surface area (Å²) in [6, 6.07) is 11.2. The van der Waals surface area contributed by atoms with E-state index in [0.29, 0.717) is 35.9 Å². The Balaban J connectivity index is 1.89. The van der Waals surface area contributed by atoms with Crippen molar-refractivity contribution in [2.75, 3.05) is 28.4 Å². The Hall–Kier alpha value is -2.99. The first-order valence-electron chi connectivity index (χ1n) is 8.96. The van der Waals surface area contributed by atoms with Crippen molar-refractivity contribution in [2.24, 2.45) is 0 Å². The molecule has 0 spiro atoms. The summed E-state index contributed by atoms with van der Waals surface area (Å²) >= 11 is 0. The maximum atomic E-state index is 11.9. The van der Waals surface area contributed by atoms with E-state index >= 15 is 0 Å². The largest absolute Gasteiger partial charge is 0.493 e. The molecule has 0 saturated carbocycles. The number of nitrogens with zero attached hydrogens (tertiary/aromatic N) is 1. The van der Waals surface area contributed by atoms with E-state index in [0.717, 1.165) is 22.1 Å². The van der Waals surface area contributed by atoms with Crippen LogP contribution in [0.2, 0.25) is 0 Å². The molecule has 28 heavy (non-hydrogen) atoms. The lowest BCUT2D eigenvalue weighted by Gasteiger charge is -2.20. The molecule has 0 fully saturated rings. The average molecular weight is 383 g/mol. The predicted octanol–water partition coefficient (Wildman–Crippen LogP) is 3.76. The van der Waals surface area contributed by atoms with Crippen LogP contribution < -0.4 is 19.8 Å². The van der Waals surface area contributed by atoms with E-state index in [1.165, 1.54) is 0 Å². The van der Waals surface area contributed by atoms with Crippen LogP contribution >= 0.6 is 0 Å². The minimum absolute atomic E-state index is 0.340. The van der Waals surface area contributed by atoms with Gasteiger partial charge in [0.15, 0.2) is 11.5 Å². The third-order valence-electron chi connectivity index (χ3n) is 4.60. The van der Waals surface area contributed by atoms with Gasteiger partial charge in [0, 0.05) is 24.5 Å². The SMILES string of the molecule is COc1cc(CN(C)Cc2cc(=O)oc3ccc(C)cc23)cc(OC)c1OC. The van der Waals surface area contributed by atoms with Crippen molar-refractivity contribution in [1.29, 1.82) is 0 Å². The predicted molar refractivity (Wildman–Crippen MR) is 108 cm³/mol. The fourth-order valence-corrected chi connectivity index (χ4v) is 3.36. The molecule has 0 aliphatic heterocycles. The van der Waals surface area contributed by atoms with Gasteiger partial charge >= 0.3 is 5.63 Å². The first-order chi connectivity index (χ1) is 13.4. The highest BCUT2D eigenvalue weighted by Gasteiger charge is 2.15. The monoisotopic (exact) mass is 383 g/mol. The van der Waals surface area contributed by atoms with E-state index in [1.54, 1.807) is 27.4 Å². The standard InChI is InChI=1S/C22H25NO5/c1-14-6-7-18-17(8-14)16(11-21(24)28-18)13-23(2)12-15-9-19(25-3)22(27-5)20(10-15)26-4/h6-11H,12-13H2,1-5H3. The summed E-state index contributed by atoms with van der Waals surface area (Å²) < 4.78 is 21.6. The van der Waals surface area contributed by atoms with Gasteiger partial charge in [-0.15, -0.1) is 0 Å². The number of benzene rings is 2. The molecule has 148 valence electrons. The molecule has 1 aromatic heterocycles. The van der Waals surface area contributed by atoms with E-state index in [-0.39, 0.29) is 5.63 Å². The lowest BCUT2D eigenvalue weighted by molar-refractivity contribution is 0.309. The third-order valence-corrected chi connectivity index (χ3v) is 4.60. The fourth-order valence-electron chi connectivity index (χ4n) is 3.36. The van der Waals surface area contributed by atoms with Crippen LogP contribution in [0.4, 0.5) is 0 Å². The highest BCUT2D eigenvalue weighted by molar-refractivity contribution is 5.80. The Bertz CT molecular complexity index is 1020. The number of hydrogen-bond donors (Lipinski definition) is 0. The minimum Gasteiger partial charge on any atom is -0.493 e. The second-order valence-electron chi connectivity index (χ2n) is 6.80. The van der Waals surface area contributed by atoms with Crippen molar-refractivity contribution in [3.05, 3.63) is 63.5 Å². The second kappa shape index (κ2) is 8.35. The molecule has 0 unspecified atom stereocenters. The van der Waals surface area contributed by atoms with E-state index < -0.39 is 0 Å². The number of methoxy groups -OCH3 is 3. The first-order valence-corrected chi connectivity index (χ1v) is 8.96. The molecule has 0 radical (unpaired) electrons. The zero-order chi connectivity index (χ0) is 20.3. The highest BCUT2D eigenvalue weighted by Crippen LogP contribution is 2.38. The van der Waals surface area contributed by atoms with Gasteiger partial charge in [0.25, 0.3) is 0 Å². The van der Waals surface area contributed by atoms with Gasteiger partial charge in [-0.2, -0.15) is 0 Å². The Labute approximate surface area is 164 Å². The molecule has 3 aromatic rings. The maximum absolute atomic E-state index is 11.9. The smallest absolute Gasteiger partial charge is 0.336 e. The van der Waals surface area contributed by atoms with E-state index in [4.69, 9.17) is 18.6 Å². The molecule has 0 saturated heterocycles. The van der Waals surface area contributed by atoms with Crippen LogP contribution in [0.15, 0.2) is 45.6 Å². The summed E-state index contributed by atoms with van der Waals surface area (Å²) in [5.74, 6) is 1.80. The van der Waals surface area contributed by atoms with Crippen molar-refractivity contribution in [1.82, 2.24) is 4.90 Å². The molecule has 3 rings (SSSR count). The lowest BCUT2D eigenvalue weighted by atomic mass is 10.1. The summed E-state index contributed by atoms with van der Waals surface area (Å²) in [6.07, 6.45) is 0. The summed E-state index contributed by atoms with van der Waals surface area (Å²) in [5.41, 5.74) is 3.34. The Kier molecular flexibility index (Phi) is 5.90. The van der Waals surface area contributed by atoms with Gasteiger partial charge in [-0.1, -0.05) is 11.6 Å². The number of fused-ring (bicyclic) bond motifs is 1. The summed E-state index contributed by atoms with van der Waals surface area (Å²) in [6.45, 7) is 3.26. The molecule has 0 bridgehead atoms. The van der Waals surface area contributed by atoms with Gasteiger partial charge in [-0.25, -0.2) is 4.79 Å².